The van der Waals surface area contributed by atoms with Gasteiger partial charge in [0.2, 0.25) is 5.95 Å². The molecule has 0 aromatic carbocycles. The first-order valence-electron chi connectivity index (χ1n) is 5.46. The minimum absolute atomic E-state index is 0.0564. The van der Waals surface area contributed by atoms with E-state index in [0.717, 1.165) is 11.1 Å². The molecule has 0 saturated heterocycles. The van der Waals surface area contributed by atoms with E-state index < -0.39 is 11.9 Å². The molecule has 0 saturated carbocycles. The molecule has 92 valence electrons. The number of hydrogen-bond acceptors (Lipinski definition) is 3. The second-order valence-corrected chi connectivity index (χ2v) is 3.83. The lowest BCUT2D eigenvalue weighted by Crippen LogP contribution is -2.24. The van der Waals surface area contributed by atoms with Crippen LogP contribution < -0.4 is 5.32 Å². The number of carbonyl (C=O) groups is 1. The standard InChI is InChI=1S/C13H12FN3O/c1-9-4-6-15-7-10(9)8-17-13(18)11-3-2-5-16-12(11)14/h2-7H,8H2,1H3,(H,17,18). The number of nitrogens with zero attached hydrogens (tertiary/aromatic N) is 2. The normalized spacial score (nSPS) is 10.1. The molecule has 1 amide bonds. The summed E-state index contributed by atoms with van der Waals surface area (Å²) in [6.45, 7) is 2.24. The van der Waals surface area contributed by atoms with E-state index >= 15 is 0 Å². The maximum absolute atomic E-state index is 13.3. The van der Waals surface area contributed by atoms with E-state index in [1.165, 1.54) is 18.3 Å². The summed E-state index contributed by atoms with van der Waals surface area (Å²) in [5.74, 6) is -1.25. The van der Waals surface area contributed by atoms with E-state index in [1.54, 1.807) is 12.4 Å². The molecule has 0 spiro atoms. The van der Waals surface area contributed by atoms with Crippen molar-refractivity contribution in [3.63, 3.8) is 0 Å². The minimum Gasteiger partial charge on any atom is -0.348 e. The number of nitrogens with one attached hydrogen (secondary N) is 1. The van der Waals surface area contributed by atoms with Crippen LogP contribution in [-0.4, -0.2) is 15.9 Å². The Balaban J connectivity index is 2.06. The lowest BCUT2D eigenvalue weighted by atomic mass is 10.1. The molecular weight excluding hydrogens is 233 g/mol. The first-order valence-corrected chi connectivity index (χ1v) is 5.46. The number of rotatable bonds is 3. The summed E-state index contributed by atoms with van der Waals surface area (Å²) in [5, 5.41) is 2.64. The van der Waals surface area contributed by atoms with Crippen LogP contribution >= 0.6 is 0 Å². The highest BCUT2D eigenvalue weighted by molar-refractivity contribution is 5.94. The van der Waals surface area contributed by atoms with Gasteiger partial charge in [-0.15, -0.1) is 0 Å². The van der Waals surface area contributed by atoms with E-state index in [-0.39, 0.29) is 5.56 Å². The van der Waals surface area contributed by atoms with Crippen LogP contribution in [0.5, 0.6) is 0 Å². The van der Waals surface area contributed by atoms with Gasteiger partial charge in [-0.05, 0) is 36.2 Å². The second-order valence-electron chi connectivity index (χ2n) is 3.83. The van der Waals surface area contributed by atoms with Crippen molar-refractivity contribution in [1.29, 1.82) is 0 Å². The van der Waals surface area contributed by atoms with Crippen molar-refractivity contribution in [2.24, 2.45) is 0 Å². The van der Waals surface area contributed by atoms with Crippen molar-refractivity contribution in [3.8, 4) is 0 Å². The van der Waals surface area contributed by atoms with Crippen LogP contribution in [0.1, 0.15) is 21.5 Å². The predicted molar refractivity (Wildman–Crippen MR) is 64.3 cm³/mol. The third kappa shape index (κ3) is 2.68. The zero-order chi connectivity index (χ0) is 13.0. The van der Waals surface area contributed by atoms with Crippen molar-refractivity contribution in [1.82, 2.24) is 15.3 Å². The largest absolute Gasteiger partial charge is 0.348 e. The van der Waals surface area contributed by atoms with Gasteiger partial charge in [0, 0.05) is 25.1 Å². The van der Waals surface area contributed by atoms with E-state index in [1.807, 2.05) is 13.0 Å². The Hall–Kier alpha value is -2.30. The summed E-state index contributed by atoms with van der Waals surface area (Å²) >= 11 is 0. The highest BCUT2D eigenvalue weighted by Gasteiger charge is 2.11. The van der Waals surface area contributed by atoms with Crippen LogP contribution in [0, 0.1) is 12.9 Å². The van der Waals surface area contributed by atoms with Gasteiger partial charge in [0.15, 0.2) is 0 Å². The molecule has 0 atom stereocenters. The Bertz CT molecular complexity index is 572. The molecule has 0 aliphatic heterocycles. The van der Waals surface area contributed by atoms with Crippen molar-refractivity contribution in [2.75, 3.05) is 0 Å². The number of halogens is 1. The SMILES string of the molecule is Cc1ccncc1CNC(=O)c1cccnc1F. The van der Waals surface area contributed by atoms with Gasteiger partial charge < -0.3 is 5.32 Å². The maximum atomic E-state index is 13.3. The molecule has 1 N–H and O–H groups in total. The topological polar surface area (TPSA) is 54.9 Å². The molecule has 0 bridgehead atoms. The first kappa shape index (κ1) is 12.2. The molecule has 2 aromatic rings. The average molecular weight is 245 g/mol. The molecule has 18 heavy (non-hydrogen) atoms. The van der Waals surface area contributed by atoms with Gasteiger partial charge in [-0.1, -0.05) is 0 Å². The Morgan fingerprint density at radius 1 is 1.39 bits per heavy atom. The smallest absolute Gasteiger partial charge is 0.256 e. The summed E-state index contributed by atoms with van der Waals surface area (Å²) in [5.41, 5.74) is 1.87. The van der Waals surface area contributed by atoms with Crippen LogP contribution in [0.4, 0.5) is 4.39 Å². The number of pyridine rings is 2. The minimum atomic E-state index is -0.766. The molecule has 2 aromatic heterocycles. The summed E-state index contributed by atoms with van der Waals surface area (Å²) in [7, 11) is 0. The van der Waals surface area contributed by atoms with E-state index in [4.69, 9.17) is 0 Å². The van der Waals surface area contributed by atoms with Gasteiger partial charge >= 0.3 is 0 Å². The average Bonchev–Trinajstić information content (AvgIpc) is 2.38. The Morgan fingerprint density at radius 2 is 2.22 bits per heavy atom. The molecule has 0 aliphatic carbocycles. The summed E-state index contributed by atoms with van der Waals surface area (Å²) < 4.78 is 13.3. The van der Waals surface area contributed by atoms with Crippen molar-refractivity contribution < 1.29 is 9.18 Å². The summed E-state index contributed by atoms with van der Waals surface area (Å²) in [4.78, 5) is 19.1. The monoisotopic (exact) mass is 245 g/mol. The summed E-state index contributed by atoms with van der Waals surface area (Å²) in [6, 6.07) is 4.77. The van der Waals surface area contributed by atoms with Crippen LogP contribution in [0.3, 0.4) is 0 Å². The molecule has 0 unspecified atom stereocenters. The van der Waals surface area contributed by atoms with Crippen molar-refractivity contribution in [2.45, 2.75) is 13.5 Å². The summed E-state index contributed by atoms with van der Waals surface area (Å²) in [6.07, 6.45) is 4.66. The lowest BCUT2D eigenvalue weighted by Gasteiger charge is -2.07. The predicted octanol–water partition coefficient (Wildman–Crippen LogP) is 1.85. The molecule has 2 rings (SSSR count). The number of aryl methyl sites for hydroxylation is 1. The Labute approximate surface area is 104 Å². The van der Waals surface area contributed by atoms with Crippen molar-refractivity contribution in [3.05, 3.63) is 59.4 Å². The number of amides is 1. The van der Waals surface area contributed by atoms with Gasteiger partial charge in [-0.2, -0.15) is 4.39 Å². The van der Waals surface area contributed by atoms with Gasteiger partial charge in [-0.3, -0.25) is 9.78 Å². The third-order valence-corrected chi connectivity index (χ3v) is 2.59. The molecule has 0 aliphatic rings. The van der Waals surface area contributed by atoms with E-state index in [2.05, 4.69) is 15.3 Å². The fourth-order valence-electron chi connectivity index (χ4n) is 1.51. The number of hydrogen-bond donors (Lipinski definition) is 1. The molecule has 5 heteroatoms. The van der Waals surface area contributed by atoms with Gasteiger partial charge in [0.25, 0.3) is 5.91 Å². The van der Waals surface area contributed by atoms with Gasteiger partial charge in [-0.25, -0.2) is 4.98 Å². The van der Waals surface area contributed by atoms with Crippen LogP contribution in [0.15, 0.2) is 36.8 Å². The highest BCUT2D eigenvalue weighted by atomic mass is 19.1. The fraction of sp³-hybridized carbons (Fsp3) is 0.154. The first-order chi connectivity index (χ1) is 8.68. The van der Waals surface area contributed by atoms with Crippen LogP contribution in [0.2, 0.25) is 0 Å². The zero-order valence-corrected chi connectivity index (χ0v) is 9.85. The number of aromatic nitrogens is 2. The van der Waals surface area contributed by atoms with Crippen LogP contribution in [-0.2, 0) is 6.54 Å². The fourth-order valence-corrected chi connectivity index (χ4v) is 1.51. The second kappa shape index (κ2) is 5.35. The molecule has 0 fully saturated rings. The van der Waals surface area contributed by atoms with E-state index in [0.29, 0.717) is 6.54 Å². The molecular formula is C13H12FN3O. The van der Waals surface area contributed by atoms with Crippen molar-refractivity contribution >= 4 is 5.91 Å². The molecule has 4 nitrogen and oxygen atoms in total. The van der Waals surface area contributed by atoms with Crippen LogP contribution in [0.25, 0.3) is 0 Å². The zero-order valence-electron chi connectivity index (χ0n) is 9.85. The highest BCUT2D eigenvalue weighted by Crippen LogP contribution is 2.06. The molecule has 0 radical (unpaired) electrons. The Morgan fingerprint density at radius 3 is 2.94 bits per heavy atom. The third-order valence-electron chi connectivity index (χ3n) is 2.59. The maximum Gasteiger partial charge on any atom is 0.256 e. The van der Waals surface area contributed by atoms with E-state index in [9.17, 15) is 9.18 Å². The van der Waals surface area contributed by atoms with Gasteiger partial charge in [0.05, 0.1) is 5.56 Å². The lowest BCUT2D eigenvalue weighted by molar-refractivity contribution is 0.0946. The Kier molecular flexibility index (Phi) is 3.62. The number of carbonyl (C=O) groups excluding carboxylic acids is 1. The van der Waals surface area contributed by atoms with Gasteiger partial charge in [0.1, 0.15) is 0 Å². The quantitative estimate of drug-likeness (QED) is 0.840. The molecule has 2 heterocycles.